The van der Waals surface area contributed by atoms with Crippen LogP contribution in [0.4, 0.5) is 0 Å². The van der Waals surface area contributed by atoms with Gasteiger partial charge in [0.15, 0.2) is 0 Å². The molecule has 2 aliphatic carbocycles. The van der Waals surface area contributed by atoms with Gasteiger partial charge in [0.2, 0.25) is 5.91 Å². The van der Waals surface area contributed by atoms with Crippen molar-refractivity contribution in [2.45, 2.75) is 39.0 Å². The molecule has 3 nitrogen and oxygen atoms in total. The van der Waals surface area contributed by atoms with Crippen LogP contribution in [0.2, 0.25) is 0 Å². The van der Waals surface area contributed by atoms with Crippen molar-refractivity contribution >= 4 is 23.1 Å². The Labute approximate surface area is 115 Å². The number of nitrogens with two attached hydrogens (primary N) is 1. The number of amides is 1. The topological polar surface area (TPSA) is 46.3 Å². The van der Waals surface area contributed by atoms with Crippen LogP contribution < -0.4 is 5.73 Å². The maximum absolute atomic E-state index is 12.3. The van der Waals surface area contributed by atoms with E-state index in [1.54, 1.807) is 0 Å². The summed E-state index contributed by atoms with van der Waals surface area (Å²) in [6.45, 7) is 2.85. The van der Waals surface area contributed by atoms with E-state index in [0.717, 1.165) is 18.4 Å². The van der Waals surface area contributed by atoms with Gasteiger partial charge in [-0.1, -0.05) is 25.6 Å². The number of nitrogens with zero attached hydrogens (tertiary/aromatic N) is 1. The molecule has 0 aromatic heterocycles. The molecular weight excluding hydrogens is 244 g/mol. The molecule has 0 aromatic carbocycles. The van der Waals surface area contributed by atoms with Crippen molar-refractivity contribution in [1.82, 2.24) is 4.90 Å². The third kappa shape index (κ3) is 2.68. The Balaban J connectivity index is 1.89. The Morgan fingerprint density at radius 2 is 2.17 bits per heavy atom. The first-order chi connectivity index (χ1) is 8.52. The van der Waals surface area contributed by atoms with E-state index in [9.17, 15) is 4.79 Å². The molecule has 4 atom stereocenters. The highest BCUT2D eigenvalue weighted by Gasteiger charge is 2.40. The number of hydrogen-bond acceptors (Lipinski definition) is 2. The van der Waals surface area contributed by atoms with Crippen LogP contribution in [0.15, 0.2) is 0 Å². The quantitative estimate of drug-likeness (QED) is 0.778. The van der Waals surface area contributed by atoms with E-state index in [4.69, 9.17) is 18.0 Å². The van der Waals surface area contributed by atoms with Crippen molar-refractivity contribution in [1.29, 1.82) is 0 Å². The highest BCUT2D eigenvalue weighted by atomic mass is 32.1. The summed E-state index contributed by atoms with van der Waals surface area (Å²) in [6.07, 6.45) is 6.17. The summed E-state index contributed by atoms with van der Waals surface area (Å²) >= 11 is 4.98. The van der Waals surface area contributed by atoms with Gasteiger partial charge >= 0.3 is 0 Å². The lowest BCUT2D eigenvalue weighted by atomic mass is 9.88. The summed E-state index contributed by atoms with van der Waals surface area (Å²) in [5, 5.41) is 0. The van der Waals surface area contributed by atoms with Crippen molar-refractivity contribution in [2.24, 2.45) is 29.4 Å². The van der Waals surface area contributed by atoms with Gasteiger partial charge in [-0.3, -0.25) is 4.79 Å². The van der Waals surface area contributed by atoms with Crippen molar-refractivity contribution in [3.8, 4) is 0 Å². The molecule has 0 aliphatic heterocycles. The van der Waals surface area contributed by atoms with Gasteiger partial charge in [0, 0.05) is 13.6 Å². The SMILES string of the molecule is CCC(C(=O)N(C)CC1CC2CCC1C2)C(N)=S. The van der Waals surface area contributed by atoms with Crippen molar-refractivity contribution < 1.29 is 4.79 Å². The van der Waals surface area contributed by atoms with E-state index in [0.29, 0.717) is 17.3 Å². The van der Waals surface area contributed by atoms with E-state index < -0.39 is 0 Å². The molecule has 2 bridgehead atoms. The lowest BCUT2D eigenvalue weighted by molar-refractivity contribution is -0.132. The van der Waals surface area contributed by atoms with Crippen molar-refractivity contribution in [3.63, 3.8) is 0 Å². The lowest BCUT2D eigenvalue weighted by Crippen LogP contribution is -2.41. The second-order valence-electron chi connectivity index (χ2n) is 6.02. The highest BCUT2D eigenvalue weighted by molar-refractivity contribution is 7.80. The molecular formula is C14H24N2OS. The Kier molecular flexibility index (Phi) is 4.25. The number of hydrogen-bond donors (Lipinski definition) is 1. The maximum atomic E-state index is 12.3. The second kappa shape index (κ2) is 5.55. The molecule has 18 heavy (non-hydrogen) atoms. The van der Waals surface area contributed by atoms with Crippen LogP contribution in [0.5, 0.6) is 0 Å². The zero-order chi connectivity index (χ0) is 13.3. The van der Waals surface area contributed by atoms with Gasteiger partial charge in [0.1, 0.15) is 0 Å². The van der Waals surface area contributed by atoms with Crippen LogP contribution in [-0.2, 0) is 4.79 Å². The van der Waals surface area contributed by atoms with E-state index in [2.05, 4.69) is 0 Å². The molecule has 2 N–H and O–H groups in total. The van der Waals surface area contributed by atoms with Crippen LogP contribution in [0, 0.1) is 23.7 Å². The molecule has 0 radical (unpaired) electrons. The molecule has 4 heteroatoms. The molecule has 0 heterocycles. The second-order valence-corrected chi connectivity index (χ2v) is 6.49. The first kappa shape index (κ1) is 13.8. The maximum Gasteiger partial charge on any atom is 0.232 e. The highest BCUT2D eigenvalue weighted by Crippen LogP contribution is 2.48. The average molecular weight is 268 g/mol. The van der Waals surface area contributed by atoms with E-state index >= 15 is 0 Å². The normalized spacial score (nSPS) is 31.3. The van der Waals surface area contributed by atoms with Crippen LogP contribution in [0.1, 0.15) is 39.0 Å². The molecule has 2 saturated carbocycles. The van der Waals surface area contributed by atoms with Gasteiger partial charge in [-0.15, -0.1) is 0 Å². The Bertz CT molecular complexity index is 345. The van der Waals surface area contributed by atoms with Crippen LogP contribution in [0.3, 0.4) is 0 Å². The molecule has 4 unspecified atom stereocenters. The molecule has 0 spiro atoms. The molecule has 0 aromatic rings. The predicted octanol–water partition coefficient (Wildman–Crippen LogP) is 2.19. The monoisotopic (exact) mass is 268 g/mol. The van der Waals surface area contributed by atoms with Gasteiger partial charge < -0.3 is 10.6 Å². The molecule has 1 amide bonds. The van der Waals surface area contributed by atoms with Gasteiger partial charge in [-0.25, -0.2) is 0 Å². The fraction of sp³-hybridized carbons (Fsp3) is 0.857. The summed E-state index contributed by atoms with van der Waals surface area (Å²) in [4.78, 5) is 14.5. The van der Waals surface area contributed by atoms with E-state index in [1.165, 1.54) is 25.7 Å². The van der Waals surface area contributed by atoms with Crippen molar-refractivity contribution in [3.05, 3.63) is 0 Å². The summed E-state index contributed by atoms with van der Waals surface area (Å²) in [7, 11) is 1.90. The van der Waals surface area contributed by atoms with Crippen molar-refractivity contribution in [2.75, 3.05) is 13.6 Å². The van der Waals surface area contributed by atoms with Crippen LogP contribution >= 0.6 is 12.2 Å². The summed E-state index contributed by atoms with van der Waals surface area (Å²) in [5.74, 6) is 2.33. The number of carbonyl (C=O) groups is 1. The fourth-order valence-corrected chi connectivity index (χ4v) is 4.07. The molecule has 2 aliphatic rings. The summed E-state index contributed by atoms with van der Waals surface area (Å²) < 4.78 is 0. The Morgan fingerprint density at radius 1 is 1.44 bits per heavy atom. The van der Waals surface area contributed by atoms with Crippen LogP contribution in [0.25, 0.3) is 0 Å². The first-order valence-electron chi connectivity index (χ1n) is 7.07. The third-order valence-electron chi connectivity index (χ3n) is 4.82. The summed E-state index contributed by atoms with van der Waals surface area (Å²) in [6, 6.07) is 0. The number of fused-ring (bicyclic) bond motifs is 2. The smallest absolute Gasteiger partial charge is 0.232 e. The van der Waals surface area contributed by atoms with Gasteiger partial charge in [-0.05, 0) is 43.4 Å². The zero-order valence-electron chi connectivity index (χ0n) is 11.4. The largest absolute Gasteiger partial charge is 0.393 e. The minimum Gasteiger partial charge on any atom is -0.393 e. The number of rotatable bonds is 5. The van der Waals surface area contributed by atoms with Crippen LogP contribution in [-0.4, -0.2) is 29.4 Å². The zero-order valence-corrected chi connectivity index (χ0v) is 12.2. The number of carbonyl (C=O) groups excluding carboxylic acids is 1. The first-order valence-corrected chi connectivity index (χ1v) is 7.48. The Morgan fingerprint density at radius 3 is 2.61 bits per heavy atom. The minimum atomic E-state index is -0.274. The lowest BCUT2D eigenvalue weighted by Gasteiger charge is -2.29. The standard InChI is InChI=1S/C14H24N2OS/c1-3-12(13(15)18)14(17)16(2)8-11-7-9-4-5-10(11)6-9/h9-12H,3-8H2,1-2H3,(H2,15,18). The molecule has 102 valence electrons. The minimum absolute atomic E-state index is 0.104. The van der Waals surface area contributed by atoms with E-state index in [-0.39, 0.29) is 11.8 Å². The molecule has 2 fully saturated rings. The number of thiocarbonyl (C=S) groups is 1. The molecule has 0 saturated heterocycles. The predicted molar refractivity (Wildman–Crippen MR) is 77.1 cm³/mol. The summed E-state index contributed by atoms with van der Waals surface area (Å²) in [5.41, 5.74) is 5.64. The average Bonchev–Trinajstić information content (AvgIpc) is 2.91. The van der Waals surface area contributed by atoms with Gasteiger partial charge in [0.25, 0.3) is 0 Å². The van der Waals surface area contributed by atoms with E-state index in [1.807, 2.05) is 18.9 Å². The van der Waals surface area contributed by atoms with Gasteiger partial charge in [0.05, 0.1) is 10.9 Å². The fourth-order valence-electron chi connectivity index (χ4n) is 3.81. The molecule has 2 rings (SSSR count). The Hall–Kier alpha value is -0.640. The third-order valence-corrected chi connectivity index (χ3v) is 5.10. The van der Waals surface area contributed by atoms with Gasteiger partial charge in [-0.2, -0.15) is 0 Å².